The number of aromatic nitrogens is 3. The molecule has 1 N–H and O–H groups in total. The van der Waals surface area contributed by atoms with Gasteiger partial charge in [0.25, 0.3) is 5.91 Å². The highest BCUT2D eigenvalue weighted by molar-refractivity contribution is 7.09. The van der Waals surface area contributed by atoms with Gasteiger partial charge in [-0.3, -0.25) is 9.78 Å². The Labute approximate surface area is 129 Å². The maximum absolute atomic E-state index is 13.0. The van der Waals surface area contributed by atoms with Crippen LogP contribution in [0.2, 0.25) is 0 Å². The van der Waals surface area contributed by atoms with Crippen LogP contribution in [0.4, 0.5) is 4.39 Å². The van der Waals surface area contributed by atoms with Crippen molar-refractivity contribution in [1.29, 1.82) is 0 Å². The molecule has 0 saturated carbocycles. The Morgan fingerprint density at radius 3 is 2.82 bits per heavy atom. The number of halogens is 1. The highest BCUT2D eigenvalue weighted by Gasteiger charge is 2.09. The first-order valence-corrected chi connectivity index (χ1v) is 7.35. The first kappa shape index (κ1) is 14.3. The second kappa shape index (κ2) is 6.40. The third-order valence-electron chi connectivity index (χ3n) is 2.92. The summed E-state index contributed by atoms with van der Waals surface area (Å²) >= 11 is 1.45. The van der Waals surface area contributed by atoms with E-state index in [1.807, 2.05) is 17.5 Å². The Morgan fingerprint density at radius 2 is 2.05 bits per heavy atom. The molecule has 0 fully saturated rings. The van der Waals surface area contributed by atoms with Crippen LogP contribution in [-0.4, -0.2) is 20.9 Å². The summed E-state index contributed by atoms with van der Waals surface area (Å²) in [5.41, 5.74) is 2.05. The highest BCUT2D eigenvalue weighted by atomic mass is 32.1. The molecular weight excluding hydrogens is 303 g/mol. The van der Waals surface area contributed by atoms with Crippen molar-refractivity contribution < 1.29 is 9.18 Å². The van der Waals surface area contributed by atoms with Crippen LogP contribution in [-0.2, 0) is 6.54 Å². The van der Waals surface area contributed by atoms with Gasteiger partial charge in [-0.1, -0.05) is 0 Å². The van der Waals surface area contributed by atoms with Gasteiger partial charge in [-0.05, 0) is 18.2 Å². The number of pyridine rings is 2. The zero-order valence-electron chi connectivity index (χ0n) is 11.4. The molecular formula is C15H11FN4OS. The molecule has 1 amide bonds. The Morgan fingerprint density at radius 1 is 1.23 bits per heavy atom. The number of carbonyl (C=O) groups excluding carboxylic acids is 1. The number of carbonyl (C=O) groups is 1. The fraction of sp³-hybridized carbons (Fsp3) is 0.0667. The van der Waals surface area contributed by atoms with Crippen molar-refractivity contribution in [1.82, 2.24) is 20.3 Å². The third kappa shape index (κ3) is 3.32. The van der Waals surface area contributed by atoms with Gasteiger partial charge in [0.15, 0.2) is 0 Å². The predicted octanol–water partition coefficient (Wildman–Crippen LogP) is 2.67. The van der Waals surface area contributed by atoms with Gasteiger partial charge in [0.1, 0.15) is 5.01 Å². The lowest BCUT2D eigenvalue weighted by atomic mass is 10.2. The molecule has 0 atom stereocenters. The van der Waals surface area contributed by atoms with E-state index in [9.17, 15) is 9.18 Å². The topological polar surface area (TPSA) is 67.8 Å². The average molecular weight is 314 g/mol. The Balaban J connectivity index is 1.65. The minimum Gasteiger partial charge on any atom is -0.346 e. The summed E-state index contributed by atoms with van der Waals surface area (Å²) < 4.78 is 13.0. The van der Waals surface area contributed by atoms with Gasteiger partial charge in [0.05, 0.1) is 12.2 Å². The number of amides is 1. The maximum atomic E-state index is 13.0. The van der Waals surface area contributed by atoms with Crippen LogP contribution in [0, 0.1) is 5.95 Å². The van der Waals surface area contributed by atoms with E-state index in [1.165, 1.54) is 23.6 Å². The van der Waals surface area contributed by atoms with Crippen molar-refractivity contribution in [3.63, 3.8) is 0 Å². The number of hydrogen-bond donors (Lipinski definition) is 1. The van der Waals surface area contributed by atoms with Gasteiger partial charge in [0.2, 0.25) is 5.95 Å². The Bertz CT molecular complexity index is 791. The summed E-state index contributed by atoms with van der Waals surface area (Å²) in [6, 6.07) is 6.30. The van der Waals surface area contributed by atoms with Crippen LogP contribution in [0.5, 0.6) is 0 Å². The zero-order chi connectivity index (χ0) is 15.4. The van der Waals surface area contributed by atoms with Crippen molar-refractivity contribution in [3.8, 4) is 11.3 Å². The lowest BCUT2D eigenvalue weighted by molar-refractivity contribution is 0.0950. The van der Waals surface area contributed by atoms with Crippen LogP contribution < -0.4 is 5.32 Å². The van der Waals surface area contributed by atoms with Crippen molar-refractivity contribution in [3.05, 3.63) is 64.8 Å². The van der Waals surface area contributed by atoms with E-state index in [1.54, 1.807) is 12.4 Å². The quantitative estimate of drug-likeness (QED) is 0.752. The summed E-state index contributed by atoms with van der Waals surface area (Å²) in [5.74, 6) is -1.04. The average Bonchev–Trinajstić information content (AvgIpc) is 3.02. The van der Waals surface area contributed by atoms with Crippen molar-refractivity contribution in [2.45, 2.75) is 6.54 Å². The summed E-state index contributed by atoms with van der Waals surface area (Å²) in [5, 5.41) is 5.40. The van der Waals surface area contributed by atoms with Crippen molar-refractivity contribution in [2.24, 2.45) is 0 Å². The van der Waals surface area contributed by atoms with E-state index in [0.717, 1.165) is 22.3 Å². The molecule has 3 rings (SSSR count). The first-order chi connectivity index (χ1) is 10.7. The van der Waals surface area contributed by atoms with E-state index in [-0.39, 0.29) is 11.5 Å². The van der Waals surface area contributed by atoms with Crippen molar-refractivity contribution >= 4 is 17.2 Å². The summed E-state index contributed by atoms with van der Waals surface area (Å²) in [6.45, 7) is 0.290. The summed E-state index contributed by atoms with van der Waals surface area (Å²) in [6.07, 6.45) is 4.66. The van der Waals surface area contributed by atoms with E-state index in [2.05, 4.69) is 20.3 Å². The lowest BCUT2D eigenvalue weighted by Gasteiger charge is -2.02. The molecule has 0 saturated heterocycles. The van der Waals surface area contributed by atoms with Gasteiger partial charge in [0, 0.05) is 41.2 Å². The molecule has 110 valence electrons. The second-order valence-electron chi connectivity index (χ2n) is 4.41. The van der Waals surface area contributed by atoms with E-state index >= 15 is 0 Å². The summed E-state index contributed by atoms with van der Waals surface area (Å²) in [7, 11) is 0. The molecule has 7 heteroatoms. The molecule has 5 nitrogen and oxygen atoms in total. The molecule has 3 aromatic rings. The maximum Gasteiger partial charge on any atom is 0.251 e. The third-order valence-corrected chi connectivity index (χ3v) is 3.77. The molecule has 0 unspecified atom stereocenters. The van der Waals surface area contributed by atoms with Crippen LogP contribution in [0.3, 0.4) is 0 Å². The smallest absolute Gasteiger partial charge is 0.251 e. The number of hydrogen-bond acceptors (Lipinski definition) is 5. The Hall–Kier alpha value is -2.67. The first-order valence-electron chi connectivity index (χ1n) is 6.47. The fourth-order valence-corrected chi connectivity index (χ4v) is 2.59. The number of thiazole rings is 1. The molecule has 0 radical (unpaired) electrons. The van der Waals surface area contributed by atoms with Gasteiger partial charge >= 0.3 is 0 Å². The number of nitrogens with zero attached hydrogens (tertiary/aromatic N) is 3. The molecule has 3 aromatic heterocycles. The van der Waals surface area contributed by atoms with Crippen LogP contribution >= 0.6 is 11.3 Å². The monoisotopic (exact) mass is 314 g/mol. The zero-order valence-corrected chi connectivity index (χ0v) is 12.2. The SMILES string of the molecule is O=C(NCc1nc(-c2ccncc2)cs1)c1ccnc(F)c1. The summed E-state index contributed by atoms with van der Waals surface area (Å²) in [4.78, 5) is 23.7. The van der Waals surface area contributed by atoms with E-state index in [0.29, 0.717) is 6.54 Å². The fourth-order valence-electron chi connectivity index (χ4n) is 1.85. The molecule has 0 aliphatic rings. The normalized spacial score (nSPS) is 10.4. The lowest BCUT2D eigenvalue weighted by Crippen LogP contribution is -2.22. The van der Waals surface area contributed by atoms with Gasteiger partial charge < -0.3 is 5.32 Å². The molecule has 0 aromatic carbocycles. The molecule has 22 heavy (non-hydrogen) atoms. The highest BCUT2D eigenvalue weighted by Crippen LogP contribution is 2.20. The second-order valence-corrected chi connectivity index (χ2v) is 5.35. The van der Waals surface area contributed by atoms with E-state index in [4.69, 9.17) is 0 Å². The van der Waals surface area contributed by atoms with Gasteiger partial charge in [-0.15, -0.1) is 11.3 Å². The standard InChI is InChI=1S/C15H11FN4OS/c16-13-7-11(3-6-18-13)15(21)19-8-14-20-12(9-22-14)10-1-4-17-5-2-10/h1-7,9H,8H2,(H,19,21). The van der Waals surface area contributed by atoms with Gasteiger partial charge in [-0.25, -0.2) is 9.97 Å². The van der Waals surface area contributed by atoms with Crippen LogP contribution in [0.15, 0.2) is 48.2 Å². The van der Waals surface area contributed by atoms with Crippen LogP contribution in [0.1, 0.15) is 15.4 Å². The van der Waals surface area contributed by atoms with Crippen molar-refractivity contribution in [2.75, 3.05) is 0 Å². The predicted molar refractivity (Wildman–Crippen MR) is 80.7 cm³/mol. The largest absolute Gasteiger partial charge is 0.346 e. The molecule has 0 aliphatic heterocycles. The minimum atomic E-state index is -0.679. The number of nitrogens with one attached hydrogen (secondary N) is 1. The number of rotatable bonds is 4. The molecule has 0 aliphatic carbocycles. The molecule has 0 bridgehead atoms. The van der Waals surface area contributed by atoms with Gasteiger partial charge in [-0.2, -0.15) is 4.39 Å². The minimum absolute atomic E-state index is 0.235. The Kier molecular flexibility index (Phi) is 4.15. The molecule has 3 heterocycles. The molecule has 0 spiro atoms. The van der Waals surface area contributed by atoms with Crippen LogP contribution in [0.25, 0.3) is 11.3 Å². The van der Waals surface area contributed by atoms with E-state index < -0.39 is 5.95 Å².